The number of nitriles is 1. The predicted molar refractivity (Wildman–Crippen MR) is 98.2 cm³/mol. The molecule has 1 N–H and O–H groups in total. The summed E-state index contributed by atoms with van der Waals surface area (Å²) in [6.07, 6.45) is 6.63. The normalized spacial score (nSPS) is 21.2. The average Bonchev–Trinajstić information content (AvgIpc) is 3.01. The molecule has 2 aromatic rings. The molecule has 1 aliphatic heterocycles. The van der Waals surface area contributed by atoms with Gasteiger partial charge in [-0.1, -0.05) is 6.92 Å². The van der Waals surface area contributed by atoms with E-state index >= 15 is 0 Å². The van der Waals surface area contributed by atoms with Crippen molar-refractivity contribution in [3.63, 3.8) is 0 Å². The lowest BCUT2D eigenvalue weighted by atomic mass is 9.92. The molecule has 132 valence electrons. The first-order valence-corrected chi connectivity index (χ1v) is 8.42. The van der Waals surface area contributed by atoms with Crippen LogP contribution in [0.4, 0.5) is 5.82 Å². The molecule has 0 amide bonds. The topological polar surface area (TPSA) is 85.4 Å². The Hall–Kier alpha value is -2.82. The number of hydrogen-bond acceptors (Lipinski definition) is 5. The molecule has 3 heterocycles. The van der Waals surface area contributed by atoms with E-state index in [2.05, 4.69) is 50.1 Å². The number of guanidine groups is 1. The second-order valence-corrected chi connectivity index (χ2v) is 6.54. The van der Waals surface area contributed by atoms with Crippen molar-refractivity contribution < 1.29 is 0 Å². The highest BCUT2D eigenvalue weighted by atomic mass is 15.3. The molecule has 0 radical (unpaired) electrons. The molecule has 8 nitrogen and oxygen atoms in total. The van der Waals surface area contributed by atoms with E-state index in [4.69, 9.17) is 5.26 Å². The number of nitrogens with one attached hydrogen (secondary N) is 1. The van der Waals surface area contributed by atoms with Crippen molar-refractivity contribution in [2.45, 2.75) is 19.4 Å². The van der Waals surface area contributed by atoms with Gasteiger partial charge in [-0.25, -0.2) is 9.97 Å². The van der Waals surface area contributed by atoms with Crippen molar-refractivity contribution in [2.24, 2.45) is 18.0 Å². The molecule has 0 spiro atoms. The Morgan fingerprint density at radius 2 is 2.28 bits per heavy atom. The summed E-state index contributed by atoms with van der Waals surface area (Å²) < 4.78 is 2.00. The third-order valence-electron chi connectivity index (χ3n) is 5.07. The van der Waals surface area contributed by atoms with Gasteiger partial charge in [0.2, 0.25) is 5.96 Å². The number of fused-ring (bicyclic) bond motifs is 1. The second-order valence-electron chi connectivity index (χ2n) is 6.54. The summed E-state index contributed by atoms with van der Waals surface area (Å²) in [5.41, 5.74) is 0.930. The van der Waals surface area contributed by atoms with E-state index in [-0.39, 0.29) is 6.04 Å². The third kappa shape index (κ3) is 3.09. The van der Waals surface area contributed by atoms with Gasteiger partial charge in [0.05, 0.1) is 11.4 Å². The molecule has 0 bridgehead atoms. The Morgan fingerprint density at radius 3 is 3.00 bits per heavy atom. The van der Waals surface area contributed by atoms with Crippen LogP contribution in [0.5, 0.6) is 0 Å². The van der Waals surface area contributed by atoms with Crippen LogP contribution in [0.15, 0.2) is 23.6 Å². The molecule has 1 saturated heterocycles. The molecular weight excluding hydrogens is 316 g/mol. The molecule has 25 heavy (non-hydrogen) atoms. The zero-order valence-electron chi connectivity index (χ0n) is 15.1. The smallest absolute Gasteiger partial charge is 0.207 e. The number of likely N-dealkylation sites (N-methyl/N-ethyl adjacent to an activating group) is 1. The van der Waals surface area contributed by atoms with Crippen molar-refractivity contribution >= 4 is 22.8 Å². The fourth-order valence-corrected chi connectivity index (χ4v) is 3.57. The van der Waals surface area contributed by atoms with E-state index in [0.29, 0.717) is 11.9 Å². The zero-order chi connectivity index (χ0) is 18.0. The van der Waals surface area contributed by atoms with Gasteiger partial charge in [-0.05, 0) is 18.4 Å². The minimum Gasteiger partial charge on any atom is -0.354 e. The average molecular weight is 340 g/mol. The Labute approximate surface area is 147 Å². The molecular formula is C17H24N8. The van der Waals surface area contributed by atoms with Crippen molar-refractivity contribution in [1.29, 1.82) is 5.26 Å². The van der Waals surface area contributed by atoms with Gasteiger partial charge in [-0.3, -0.25) is 10.3 Å². The van der Waals surface area contributed by atoms with Crippen LogP contribution in [-0.2, 0) is 7.05 Å². The van der Waals surface area contributed by atoms with Gasteiger partial charge in [0.25, 0.3) is 0 Å². The molecule has 1 aliphatic rings. The van der Waals surface area contributed by atoms with E-state index in [1.54, 1.807) is 13.4 Å². The quantitative estimate of drug-likeness (QED) is 0.382. The molecule has 0 saturated carbocycles. The number of likely N-dealkylation sites (tertiary alicyclic amines) is 1. The highest BCUT2D eigenvalue weighted by Crippen LogP contribution is 2.29. The first-order chi connectivity index (χ1) is 12.1. The van der Waals surface area contributed by atoms with E-state index in [9.17, 15) is 0 Å². The van der Waals surface area contributed by atoms with Crippen LogP contribution >= 0.6 is 0 Å². The summed E-state index contributed by atoms with van der Waals surface area (Å²) in [5, 5.41) is 12.7. The first-order valence-electron chi connectivity index (χ1n) is 8.42. The van der Waals surface area contributed by atoms with Gasteiger partial charge in [-0.15, -0.1) is 0 Å². The maximum atomic E-state index is 8.93. The number of piperidine rings is 1. The van der Waals surface area contributed by atoms with E-state index in [1.807, 2.05) is 24.0 Å². The molecule has 2 aromatic heterocycles. The summed E-state index contributed by atoms with van der Waals surface area (Å²) in [4.78, 5) is 17.5. The van der Waals surface area contributed by atoms with Crippen LogP contribution < -0.4 is 10.2 Å². The molecule has 0 aliphatic carbocycles. The lowest BCUT2D eigenvalue weighted by Gasteiger charge is -2.42. The maximum Gasteiger partial charge on any atom is 0.207 e. The van der Waals surface area contributed by atoms with Crippen molar-refractivity contribution in [3.8, 4) is 6.19 Å². The van der Waals surface area contributed by atoms with Crippen molar-refractivity contribution in [1.82, 2.24) is 24.8 Å². The van der Waals surface area contributed by atoms with Crippen LogP contribution in [0.25, 0.3) is 11.0 Å². The van der Waals surface area contributed by atoms with Crippen LogP contribution in [0.1, 0.15) is 13.3 Å². The zero-order valence-corrected chi connectivity index (χ0v) is 15.1. The van der Waals surface area contributed by atoms with Gasteiger partial charge in [0.15, 0.2) is 6.19 Å². The number of hydrogen-bond donors (Lipinski definition) is 1. The lowest BCUT2D eigenvalue weighted by molar-refractivity contribution is 0.235. The van der Waals surface area contributed by atoms with Gasteiger partial charge in [0.1, 0.15) is 17.8 Å². The second kappa shape index (κ2) is 6.97. The van der Waals surface area contributed by atoms with Gasteiger partial charge in [-0.2, -0.15) is 5.26 Å². The number of aromatic nitrogens is 3. The van der Waals surface area contributed by atoms with Crippen molar-refractivity contribution in [2.75, 3.05) is 32.1 Å². The number of aliphatic imine (C=N–C) groups is 1. The van der Waals surface area contributed by atoms with Crippen LogP contribution in [-0.4, -0.2) is 58.6 Å². The predicted octanol–water partition coefficient (Wildman–Crippen LogP) is 1.17. The number of rotatable bonds is 2. The molecule has 1 fully saturated rings. The first kappa shape index (κ1) is 17.0. The van der Waals surface area contributed by atoms with E-state index in [0.717, 1.165) is 36.4 Å². The fraction of sp³-hybridized carbons (Fsp3) is 0.529. The Balaban J connectivity index is 1.89. The number of aryl methyl sites for hydroxylation is 1. The summed E-state index contributed by atoms with van der Waals surface area (Å²) in [5.74, 6) is 2.07. The van der Waals surface area contributed by atoms with Gasteiger partial charge >= 0.3 is 0 Å². The Kier molecular flexibility index (Phi) is 4.74. The number of anilines is 1. The fourth-order valence-electron chi connectivity index (χ4n) is 3.57. The van der Waals surface area contributed by atoms with Gasteiger partial charge < -0.3 is 14.4 Å². The Morgan fingerprint density at radius 1 is 1.48 bits per heavy atom. The summed E-state index contributed by atoms with van der Waals surface area (Å²) in [7, 11) is 5.77. The van der Waals surface area contributed by atoms with E-state index < -0.39 is 0 Å². The minimum absolute atomic E-state index is 0.268. The molecule has 2 unspecified atom stereocenters. The minimum atomic E-state index is 0.268. The highest BCUT2D eigenvalue weighted by Gasteiger charge is 2.32. The molecule has 8 heteroatoms. The molecule has 2 atom stereocenters. The molecule has 0 aromatic carbocycles. The van der Waals surface area contributed by atoms with E-state index in [1.165, 1.54) is 0 Å². The van der Waals surface area contributed by atoms with Gasteiger partial charge in [0, 0.05) is 40.4 Å². The summed E-state index contributed by atoms with van der Waals surface area (Å²) in [6.45, 7) is 3.94. The SMILES string of the molecule is CN=C(NC#N)N1CCC(C)C(N(C)c2ncnc3c2ccn3C)C1. The van der Waals surface area contributed by atoms with Crippen molar-refractivity contribution in [3.05, 3.63) is 18.6 Å². The Bertz CT molecular complexity index is 818. The number of nitrogens with zero attached hydrogens (tertiary/aromatic N) is 7. The van der Waals surface area contributed by atoms with Crippen LogP contribution in [0.2, 0.25) is 0 Å². The summed E-state index contributed by atoms with van der Waals surface area (Å²) >= 11 is 0. The van der Waals surface area contributed by atoms with Crippen LogP contribution in [0.3, 0.4) is 0 Å². The highest BCUT2D eigenvalue weighted by molar-refractivity contribution is 5.88. The molecule has 3 rings (SSSR count). The standard InChI is InChI=1S/C17H24N8/c1-12-5-8-25(17(19-2)20-10-18)9-14(12)24(4)16-13-6-7-23(3)15(13)21-11-22-16/h6-7,11-12,14H,5,8-9H2,1-4H3,(H,19,20). The van der Waals surface area contributed by atoms with Crippen LogP contribution in [0, 0.1) is 17.4 Å². The maximum absolute atomic E-state index is 8.93. The largest absolute Gasteiger partial charge is 0.354 e. The summed E-state index contributed by atoms with van der Waals surface area (Å²) in [6, 6.07) is 2.33. The lowest BCUT2D eigenvalue weighted by Crippen LogP contribution is -2.55. The monoisotopic (exact) mass is 340 g/mol. The third-order valence-corrected chi connectivity index (χ3v) is 5.07.